The van der Waals surface area contributed by atoms with Crippen LogP contribution in [0.2, 0.25) is 0 Å². The second kappa shape index (κ2) is 9.00. The van der Waals surface area contributed by atoms with E-state index in [2.05, 4.69) is 10.6 Å². The first kappa shape index (κ1) is 22.0. The Morgan fingerprint density at radius 3 is 2.55 bits per heavy atom. The summed E-state index contributed by atoms with van der Waals surface area (Å²) in [6.45, 7) is 6.77. The summed E-state index contributed by atoms with van der Waals surface area (Å²) in [6.07, 6.45) is 4.05. The Labute approximate surface area is 172 Å². The second-order valence-electron chi connectivity index (χ2n) is 8.48. The first-order valence-electron chi connectivity index (χ1n) is 11.1. The molecule has 2 unspecified atom stereocenters. The summed E-state index contributed by atoms with van der Waals surface area (Å²) in [5.74, 6) is -1.88. The van der Waals surface area contributed by atoms with Crippen molar-refractivity contribution in [3.8, 4) is 0 Å². The Hall–Kier alpha value is -1.67. The molecule has 29 heavy (non-hydrogen) atoms. The molecule has 8 heteroatoms. The average molecular weight is 410 g/mol. The van der Waals surface area contributed by atoms with Gasteiger partial charge in [0.15, 0.2) is 0 Å². The molecule has 3 heterocycles. The molecule has 0 aromatic carbocycles. The summed E-state index contributed by atoms with van der Waals surface area (Å²) < 4.78 is 6.31. The van der Waals surface area contributed by atoms with E-state index in [-0.39, 0.29) is 30.4 Å². The Bertz CT molecular complexity index is 638. The summed E-state index contributed by atoms with van der Waals surface area (Å²) in [6, 6.07) is -1.27. The SMILES string of the molecule is CCCCNC(=O)C1N([C@@H](CC)CO)C(=O)[C@@H]2[C@H](C(=O)NCCC)[C@@H]3CCC12O3. The predicted molar refractivity (Wildman–Crippen MR) is 107 cm³/mol. The maximum absolute atomic E-state index is 13.5. The van der Waals surface area contributed by atoms with Crippen molar-refractivity contribution in [2.75, 3.05) is 19.7 Å². The van der Waals surface area contributed by atoms with Gasteiger partial charge in [-0.2, -0.15) is 0 Å². The van der Waals surface area contributed by atoms with Crippen LogP contribution in [0.15, 0.2) is 0 Å². The monoisotopic (exact) mass is 409 g/mol. The standard InChI is InChI=1S/C21H35N3O5/c1-4-7-11-23-19(27)17-21-9-8-14(29-21)15(18(26)22-10-5-2)16(21)20(28)24(17)13(6-3)12-25/h13-17,25H,4-12H2,1-3H3,(H,22,26)(H,23,27)/t13-,14-,15+,16-,17?,21?/m0/s1. The molecule has 0 saturated carbocycles. The molecule has 8 nitrogen and oxygen atoms in total. The zero-order chi connectivity index (χ0) is 21.2. The van der Waals surface area contributed by atoms with Crippen molar-refractivity contribution in [1.29, 1.82) is 0 Å². The fourth-order valence-corrected chi connectivity index (χ4v) is 5.35. The number of carbonyl (C=O) groups excluding carboxylic acids is 3. The van der Waals surface area contributed by atoms with E-state index in [9.17, 15) is 19.5 Å². The smallest absolute Gasteiger partial charge is 0.245 e. The van der Waals surface area contributed by atoms with Gasteiger partial charge in [-0.1, -0.05) is 27.2 Å². The van der Waals surface area contributed by atoms with Crippen LogP contribution in [-0.4, -0.2) is 71.2 Å². The lowest BCUT2D eigenvalue weighted by atomic mass is 9.70. The van der Waals surface area contributed by atoms with Gasteiger partial charge in [-0.3, -0.25) is 14.4 Å². The minimum absolute atomic E-state index is 0.166. The fourth-order valence-electron chi connectivity index (χ4n) is 5.35. The third-order valence-electron chi connectivity index (χ3n) is 6.74. The summed E-state index contributed by atoms with van der Waals surface area (Å²) in [7, 11) is 0. The summed E-state index contributed by atoms with van der Waals surface area (Å²) in [4.78, 5) is 41.1. The zero-order valence-corrected chi connectivity index (χ0v) is 17.8. The van der Waals surface area contributed by atoms with Gasteiger partial charge >= 0.3 is 0 Å². The molecule has 3 aliphatic heterocycles. The molecule has 0 aliphatic carbocycles. The molecule has 6 atom stereocenters. The van der Waals surface area contributed by atoms with Crippen LogP contribution >= 0.6 is 0 Å². The Kier molecular flexibility index (Phi) is 6.83. The maximum atomic E-state index is 13.5. The molecule has 0 radical (unpaired) electrons. The number of aliphatic hydroxyl groups excluding tert-OH is 1. The molecule has 3 rings (SSSR count). The summed E-state index contributed by atoms with van der Waals surface area (Å²) in [5, 5.41) is 15.8. The van der Waals surface area contributed by atoms with Gasteiger partial charge in [-0.25, -0.2) is 0 Å². The summed E-state index contributed by atoms with van der Waals surface area (Å²) >= 11 is 0. The van der Waals surface area contributed by atoms with Gasteiger partial charge < -0.3 is 25.4 Å². The van der Waals surface area contributed by atoms with Crippen LogP contribution in [0.25, 0.3) is 0 Å². The maximum Gasteiger partial charge on any atom is 0.245 e. The second-order valence-corrected chi connectivity index (χ2v) is 8.48. The van der Waals surface area contributed by atoms with E-state index in [1.54, 1.807) is 0 Å². The van der Waals surface area contributed by atoms with E-state index in [1.165, 1.54) is 4.90 Å². The summed E-state index contributed by atoms with van der Waals surface area (Å²) in [5.41, 5.74) is -0.977. The van der Waals surface area contributed by atoms with E-state index in [0.717, 1.165) is 19.3 Å². The normalized spacial score (nSPS) is 33.7. The molecule has 2 bridgehead atoms. The lowest BCUT2D eigenvalue weighted by Crippen LogP contribution is -2.58. The molecule has 3 saturated heterocycles. The molecular weight excluding hydrogens is 374 g/mol. The largest absolute Gasteiger partial charge is 0.394 e. The van der Waals surface area contributed by atoms with Crippen molar-refractivity contribution >= 4 is 17.7 Å². The number of fused-ring (bicyclic) bond motifs is 1. The van der Waals surface area contributed by atoms with Gasteiger partial charge in [-0.15, -0.1) is 0 Å². The van der Waals surface area contributed by atoms with Gasteiger partial charge in [0.1, 0.15) is 11.6 Å². The van der Waals surface area contributed by atoms with Crippen molar-refractivity contribution in [2.24, 2.45) is 11.8 Å². The number of nitrogens with zero attached hydrogens (tertiary/aromatic N) is 1. The van der Waals surface area contributed by atoms with E-state index in [1.807, 2.05) is 20.8 Å². The number of nitrogens with one attached hydrogen (secondary N) is 2. The van der Waals surface area contributed by atoms with Gasteiger partial charge in [-0.05, 0) is 32.1 Å². The number of aliphatic hydroxyl groups is 1. The highest BCUT2D eigenvalue weighted by atomic mass is 16.5. The molecular formula is C21H35N3O5. The van der Waals surface area contributed by atoms with E-state index < -0.39 is 29.5 Å². The number of ether oxygens (including phenoxy) is 1. The predicted octanol–water partition coefficient (Wildman–Crippen LogP) is 0.574. The zero-order valence-electron chi connectivity index (χ0n) is 17.8. The van der Waals surface area contributed by atoms with Crippen molar-refractivity contribution in [3.05, 3.63) is 0 Å². The van der Waals surface area contributed by atoms with Gasteiger partial charge in [0.05, 0.1) is 30.6 Å². The Morgan fingerprint density at radius 2 is 1.93 bits per heavy atom. The van der Waals surface area contributed by atoms with Crippen molar-refractivity contribution in [1.82, 2.24) is 15.5 Å². The number of likely N-dealkylation sites (tertiary alicyclic amines) is 1. The average Bonchev–Trinajstić information content (AvgIpc) is 3.35. The number of hydrogen-bond acceptors (Lipinski definition) is 5. The number of carbonyl (C=O) groups is 3. The third-order valence-corrected chi connectivity index (χ3v) is 6.74. The molecule has 0 aromatic rings. The first-order valence-corrected chi connectivity index (χ1v) is 11.1. The molecule has 3 aliphatic rings. The van der Waals surface area contributed by atoms with E-state index >= 15 is 0 Å². The van der Waals surface area contributed by atoms with Crippen LogP contribution in [0, 0.1) is 11.8 Å². The van der Waals surface area contributed by atoms with Crippen molar-refractivity contribution < 1.29 is 24.2 Å². The van der Waals surface area contributed by atoms with Crippen LogP contribution in [0.1, 0.15) is 59.3 Å². The van der Waals surface area contributed by atoms with Crippen LogP contribution in [0.4, 0.5) is 0 Å². The third kappa shape index (κ3) is 3.54. The molecule has 164 valence electrons. The van der Waals surface area contributed by atoms with Gasteiger partial charge in [0.25, 0.3) is 0 Å². The number of unbranched alkanes of at least 4 members (excludes halogenated alkanes) is 1. The number of amides is 3. The van der Waals surface area contributed by atoms with Crippen LogP contribution in [-0.2, 0) is 19.1 Å². The molecule has 3 amide bonds. The minimum atomic E-state index is -0.977. The van der Waals surface area contributed by atoms with Crippen LogP contribution in [0.3, 0.4) is 0 Å². The number of rotatable bonds is 10. The van der Waals surface area contributed by atoms with E-state index in [4.69, 9.17) is 4.74 Å². The number of hydrogen-bond donors (Lipinski definition) is 3. The Morgan fingerprint density at radius 1 is 1.21 bits per heavy atom. The van der Waals surface area contributed by atoms with E-state index in [0.29, 0.717) is 32.4 Å². The quantitative estimate of drug-likeness (QED) is 0.457. The molecule has 3 fully saturated rings. The molecule has 1 spiro atoms. The Balaban J connectivity index is 1.94. The van der Waals surface area contributed by atoms with Crippen LogP contribution in [0.5, 0.6) is 0 Å². The van der Waals surface area contributed by atoms with Gasteiger partial charge in [0.2, 0.25) is 17.7 Å². The highest BCUT2D eigenvalue weighted by Crippen LogP contribution is 2.58. The topological polar surface area (TPSA) is 108 Å². The lowest BCUT2D eigenvalue weighted by molar-refractivity contribution is -0.145. The highest BCUT2D eigenvalue weighted by molar-refractivity contribution is 5.99. The first-order chi connectivity index (χ1) is 14.0. The highest BCUT2D eigenvalue weighted by Gasteiger charge is 2.74. The fraction of sp³-hybridized carbons (Fsp3) is 0.857. The van der Waals surface area contributed by atoms with Gasteiger partial charge in [0, 0.05) is 13.1 Å². The van der Waals surface area contributed by atoms with Crippen molar-refractivity contribution in [2.45, 2.75) is 83.1 Å². The molecule has 0 aromatic heterocycles. The van der Waals surface area contributed by atoms with Crippen LogP contribution < -0.4 is 10.6 Å². The van der Waals surface area contributed by atoms with Crippen molar-refractivity contribution in [3.63, 3.8) is 0 Å². The minimum Gasteiger partial charge on any atom is -0.394 e. The molecule has 3 N–H and O–H groups in total. The lowest BCUT2D eigenvalue weighted by Gasteiger charge is -2.36.